The van der Waals surface area contributed by atoms with Crippen LogP contribution in [0.5, 0.6) is 5.75 Å². The Bertz CT molecular complexity index is 539. The first kappa shape index (κ1) is 18.7. The van der Waals surface area contributed by atoms with Crippen LogP contribution in [-0.2, 0) is 16.1 Å². The summed E-state index contributed by atoms with van der Waals surface area (Å²) in [5.74, 6) is 0.772. The Labute approximate surface area is 144 Å². The van der Waals surface area contributed by atoms with Gasteiger partial charge in [-0.05, 0) is 31.4 Å². The zero-order valence-corrected chi connectivity index (χ0v) is 14.9. The first-order valence-electron chi connectivity index (χ1n) is 8.83. The number of amides is 1. The maximum absolute atomic E-state index is 12.5. The summed E-state index contributed by atoms with van der Waals surface area (Å²) < 4.78 is 10.9. The van der Waals surface area contributed by atoms with Crippen molar-refractivity contribution in [3.8, 4) is 5.75 Å². The van der Waals surface area contributed by atoms with Gasteiger partial charge in [0.05, 0.1) is 12.1 Å². The fourth-order valence-corrected chi connectivity index (χ4v) is 3.09. The highest BCUT2D eigenvalue weighted by Crippen LogP contribution is 2.26. The summed E-state index contributed by atoms with van der Waals surface area (Å²) in [5.41, 5.74) is 7.69. The van der Waals surface area contributed by atoms with E-state index in [1.54, 1.807) is 7.11 Å². The zero-order chi connectivity index (χ0) is 17.4. The second-order valence-electron chi connectivity index (χ2n) is 6.71. The number of carbonyl (C=O) groups excluding carboxylic acids is 1. The number of carbonyl (C=O) groups is 1. The van der Waals surface area contributed by atoms with Gasteiger partial charge in [0, 0.05) is 32.2 Å². The number of rotatable bonds is 8. The largest absolute Gasteiger partial charge is 0.493 e. The lowest BCUT2D eigenvalue weighted by molar-refractivity contribution is -0.127. The Morgan fingerprint density at radius 2 is 2.00 bits per heavy atom. The highest BCUT2D eigenvalue weighted by Gasteiger charge is 2.34. The van der Waals surface area contributed by atoms with Gasteiger partial charge in [-0.1, -0.05) is 31.4 Å². The molecule has 1 aromatic rings. The minimum Gasteiger partial charge on any atom is -0.493 e. The fourth-order valence-electron chi connectivity index (χ4n) is 3.09. The van der Waals surface area contributed by atoms with E-state index in [1.807, 2.05) is 25.1 Å². The van der Waals surface area contributed by atoms with Crippen molar-refractivity contribution in [1.29, 1.82) is 0 Å². The van der Waals surface area contributed by atoms with Crippen molar-refractivity contribution in [2.75, 3.05) is 20.3 Å². The van der Waals surface area contributed by atoms with Gasteiger partial charge in [0.2, 0.25) is 5.91 Å². The van der Waals surface area contributed by atoms with Crippen LogP contribution in [0.4, 0.5) is 0 Å². The van der Waals surface area contributed by atoms with Gasteiger partial charge in [0.25, 0.3) is 0 Å². The van der Waals surface area contributed by atoms with Gasteiger partial charge in [0.15, 0.2) is 0 Å². The van der Waals surface area contributed by atoms with E-state index in [0.29, 0.717) is 19.8 Å². The first-order valence-corrected chi connectivity index (χ1v) is 8.83. The zero-order valence-electron chi connectivity index (χ0n) is 14.9. The highest BCUT2D eigenvalue weighted by molar-refractivity contribution is 5.86. The minimum atomic E-state index is -0.706. The predicted molar refractivity (Wildman–Crippen MR) is 95.0 cm³/mol. The molecule has 0 atom stereocenters. The van der Waals surface area contributed by atoms with E-state index in [9.17, 15) is 4.79 Å². The summed E-state index contributed by atoms with van der Waals surface area (Å²) in [7, 11) is 1.68. The van der Waals surface area contributed by atoms with Gasteiger partial charge in [-0.25, -0.2) is 0 Å². The maximum Gasteiger partial charge on any atom is 0.240 e. The molecule has 134 valence electrons. The smallest absolute Gasteiger partial charge is 0.240 e. The lowest BCUT2D eigenvalue weighted by Crippen LogP contribution is -2.54. The standard InChI is InChI=1S/C19H30N2O3/c1-15-7-8-16(17(13-15)24-12-6-11-23-2)14-21-18(22)19(20)9-4-3-5-10-19/h7-8,13H,3-6,9-12,14,20H2,1-2H3,(H,21,22). The third-order valence-electron chi connectivity index (χ3n) is 4.61. The van der Waals surface area contributed by atoms with E-state index in [1.165, 1.54) is 6.42 Å². The third kappa shape index (κ3) is 5.21. The van der Waals surface area contributed by atoms with E-state index in [-0.39, 0.29) is 5.91 Å². The molecule has 0 unspecified atom stereocenters. The fraction of sp³-hybridized carbons (Fsp3) is 0.632. The number of methoxy groups -OCH3 is 1. The SMILES string of the molecule is COCCCOc1cc(C)ccc1CNC(=O)C1(N)CCCCC1. The summed E-state index contributed by atoms with van der Waals surface area (Å²) >= 11 is 0. The average Bonchev–Trinajstić information content (AvgIpc) is 2.58. The molecule has 1 aliphatic carbocycles. The summed E-state index contributed by atoms with van der Waals surface area (Å²) in [6.07, 6.45) is 5.61. The van der Waals surface area contributed by atoms with Crippen LogP contribution in [0, 0.1) is 6.92 Å². The molecule has 0 saturated heterocycles. The van der Waals surface area contributed by atoms with Crippen LogP contribution in [-0.4, -0.2) is 31.8 Å². The van der Waals surface area contributed by atoms with Gasteiger partial charge in [-0.2, -0.15) is 0 Å². The summed E-state index contributed by atoms with van der Waals surface area (Å²) in [6, 6.07) is 6.04. The Balaban J connectivity index is 1.94. The minimum absolute atomic E-state index is 0.0480. The Hall–Kier alpha value is -1.59. The molecule has 0 aromatic heterocycles. The number of benzene rings is 1. The lowest BCUT2D eigenvalue weighted by Gasteiger charge is -2.31. The van der Waals surface area contributed by atoms with Gasteiger partial charge in [-0.15, -0.1) is 0 Å². The van der Waals surface area contributed by atoms with Crippen LogP contribution in [0.2, 0.25) is 0 Å². The molecule has 3 N–H and O–H groups in total. The van der Waals surface area contributed by atoms with E-state index in [2.05, 4.69) is 5.32 Å². The van der Waals surface area contributed by atoms with Crippen molar-refractivity contribution >= 4 is 5.91 Å². The van der Waals surface area contributed by atoms with Crippen LogP contribution >= 0.6 is 0 Å². The monoisotopic (exact) mass is 334 g/mol. The molecule has 24 heavy (non-hydrogen) atoms. The van der Waals surface area contributed by atoms with E-state index in [0.717, 1.165) is 49.0 Å². The number of hydrogen-bond donors (Lipinski definition) is 2. The molecule has 2 rings (SSSR count). The molecule has 0 heterocycles. The number of nitrogens with two attached hydrogens (primary N) is 1. The van der Waals surface area contributed by atoms with Crippen molar-refractivity contribution in [1.82, 2.24) is 5.32 Å². The molecule has 5 nitrogen and oxygen atoms in total. The normalized spacial score (nSPS) is 16.6. The average molecular weight is 334 g/mol. The van der Waals surface area contributed by atoms with E-state index in [4.69, 9.17) is 15.2 Å². The molecule has 0 aliphatic heterocycles. The molecule has 1 saturated carbocycles. The van der Waals surface area contributed by atoms with Gasteiger partial charge in [-0.3, -0.25) is 4.79 Å². The van der Waals surface area contributed by atoms with E-state index < -0.39 is 5.54 Å². The second kappa shape index (κ2) is 9.04. The summed E-state index contributed by atoms with van der Waals surface area (Å²) in [5, 5.41) is 3.00. The molecule has 1 aromatic carbocycles. The van der Waals surface area contributed by atoms with Crippen LogP contribution in [0.25, 0.3) is 0 Å². The molecular weight excluding hydrogens is 304 g/mol. The van der Waals surface area contributed by atoms with Crippen LogP contribution in [0.15, 0.2) is 18.2 Å². The summed E-state index contributed by atoms with van der Waals surface area (Å²) in [4.78, 5) is 12.5. The van der Waals surface area contributed by atoms with Gasteiger partial charge >= 0.3 is 0 Å². The predicted octanol–water partition coefficient (Wildman–Crippen LogP) is 2.69. The van der Waals surface area contributed by atoms with Crippen molar-refractivity contribution in [3.63, 3.8) is 0 Å². The first-order chi connectivity index (χ1) is 11.5. The van der Waals surface area contributed by atoms with Crippen molar-refractivity contribution in [2.24, 2.45) is 5.73 Å². The quantitative estimate of drug-likeness (QED) is 0.717. The van der Waals surface area contributed by atoms with Gasteiger partial charge < -0.3 is 20.5 Å². The summed E-state index contributed by atoms with van der Waals surface area (Å²) in [6.45, 7) is 3.74. The number of aryl methyl sites for hydroxylation is 1. The van der Waals surface area contributed by atoms with Crippen molar-refractivity contribution in [2.45, 2.75) is 57.5 Å². The Morgan fingerprint density at radius 1 is 1.25 bits per heavy atom. The molecule has 1 fully saturated rings. The molecule has 5 heteroatoms. The van der Waals surface area contributed by atoms with Crippen LogP contribution < -0.4 is 15.8 Å². The van der Waals surface area contributed by atoms with Crippen LogP contribution in [0.3, 0.4) is 0 Å². The Morgan fingerprint density at radius 3 is 2.71 bits per heavy atom. The molecule has 0 bridgehead atoms. The Kier molecular flexibility index (Phi) is 7.06. The second-order valence-corrected chi connectivity index (χ2v) is 6.71. The number of hydrogen-bond acceptors (Lipinski definition) is 4. The van der Waals surface area contributed by atoms with E-state index >= 15 is 0 Å². The van der Waals surface area contributed by atoms with Crippen molar-refractivity contribution in [3.05, 3.63) is 29.3 Å². The molecule has 1 amide bonds. The lowest BCUT2D eigenvalue weighted by atomic mass is 9.82. The molecular formula is C19H30N2O3. The highest BCUT2D eigenvalue weighted by atomic mass is 16.5. The topological polar surface area (TPSA) is 73.6 Å². The molecule has 0 spiro atoms. The number of ether oxygens (including phenoxy) is 2. The van der Waals surface area contributed by atoms with Gasteiger partial charge in [0.1, 0.15) is 5.75 Å². The maximum atomic E-state index is 12.5. The number of nitrogens with one attached hydrogen (secondary N) is 1. The van der Waals surface area contributed by atoms with Crippen LogP contribution in [0.1, 0.15) is 49.7 Å². The molecule has 1 aliphatic rings. The third-order valence-corrected chi connectivity index (χ3v) is 4.61. The van der Waals surface area contributed by atoms with Crippen molar-refractivity contribution < 1.29 is 14.3 Å². The molecule has 0 radical (unpaired) electrons.